The SMILES string of the molecule is CC(C)OC(=O)C[C@@H]1c2cc(O[Si](C)(C)C(C)(C)C)ccc2C=CN1C(=O)OCC(Cl)(Cl)Cl. The van der Waals surface area contributed by atoms with Crippen LogP contribution in [0.25, 0.3) is 6.08 Å². The van der Waals surface area contributed by atoms with E-state index in [1.165, 1.54) is 4.90 Å². The van der Waals surface area contributed by atoms with Crippen molar-refractivity contribution in [1.29, 1.82) is 0 Å². The van der Waals surface area contributed by atoms with Gasteiger partial charge in [0.15, 0.2) is 0 Å². The largest absolute Gasteiger partial charge is 0.543 e. The van der Waals surface area contributed by atoms with Gasteiger partial charge in [0, 0.05) is 6.20 Å². The fraction of sp³-hybridized carbons (Fsp3) is 0.565. The topological polar surface area (TPSA) is 65.1 Å². The number of ether oxygens (including phenoxy) is 2. The van der Waals surface area contributed by atoms with Crippen LogP contribution >= 0.6 is 34.8 Å². The summed E-state index contributed by atoms with van der Waals surface area (Å²) in [5.41, 5.74) is 1.62. The fourth-order valence-corrected chi connectivity index (χ4v) is 4.19. The first-order valence-electron chi connectivity index (χ1n) is 10.7. The second-order valence-electron chi connectivity index (χ2n) is 9.80. The van der Waals surface area contributed by atoms with Crippen molar-refractivity contribution in [1.82, 2.24) is 4.90 Å². The number of carbonyl (C=O) groups is 2. The highest BCUT2D eigenvalue weighted by Gasteiger charge is 2.39. The van der Waals surface area contributed by atoms with E-state index in [0.29, 0.717) is 5.75 Å². The Morgan fingerprint density at radius 3 is 2.33 bits per heavy atom. The normalized spacial score (nSPS) is 16.5. The van der Waals surface area contributed by atoms with Gasteiger partial charge in [-0.2, -0.15) is 0 Å². The Hall–Kier alpha value is -1.41. The van der Waals surface area contributed by atoms with Crippen LogP contribution in [0.3, 0.4) is 0 Å². The van der Waals surface area contributed by atoms with E-state index in [-0.39, 0.29) is 17.6 Å². The number of carbonyl (C=O) groups excluding carboxylic acids is 2. The van der Waals surface area contributed by atoms with Crippen LogP contribution in [-0.4, -0.2) is 41.8 Å². The van der Waals surface area contributed by atoms with Crippen LogP contribution in [0.5, 0.6) is 5.75 Å². The molecule has 1 atom stereocenters. The van der Waals surface area contributed by atoms with E-state index < -0.39 is 36.8 Å². The maximum absolute atomic E-state index is 12.8. The lowest BCUT2D eigenvalue weighted by Gasteiger charge is -2.37. The maximum Gasteiger partial charge on any atom is 0.414 e. The van der Waals surface area contributed by atoms with Gasteiger partial charge >= 0.3 is 12.1 Å². The van der Waals surface area contributed by atoms with Gasteiger partial charge in [0.2, 0.25) is 12.1 Å². The molecule has 1 aromatic carbocycles. The minimum Gasteiger partial charge on any atom is -0.543 e. The Morgan fingerprint density at radius 2 is 1.79 bits per heavy atom. The molecule has 1 aliphatic heterocycles. The lowest BCUT2D eigenvalue weighted by Crippen LogP contribution is -2.44. The summed E-state index contributed by atoms with van der Waals surface area (Å²) in [6, 6.07) is 5.03. The summed E-state index contributed by atoms with van der Waals surface area (Å²) < 4.78 is 15.2. The van der Waals surface area contributed by atoms with E-state index in [9.17, 15) is 9.59 Å². The zero-order valence-electron chi connectivity index (χ0n) is 20.1. The second-order valence-corrected chi connectivity index (χ2v) is 17.0. The van der Waals surface area contributed by atoms with Crippen molar-refractivity contribution >= 4 is 61.3 Å². The number of hydrogen-bond acceptors (Lipinski definition) is 5. The van der Waals surface area contributed by atoms with Crippen LogP contribution < -0.4 is 4.43 Å². The van der Waals surface area contributed by atoms with E-state index in [0.717, 1.165) is 11.1 Å². The van der Waals surface area contributed by atoms with E-state index in [1.807, 2.05) is 18.2 Å². The van der Waals surface area contributed by atoms with Crippen LogP contribution in [0.2, 0.25) is 18.1 Å². The van der Waals surface area contributed by atoms with Crippen LogP contribution in [-0.2, 0) is 14.3 Å². The molecular weight excluding hydrogens is 505 g/mol. The predicted octanol–water partition coefficient (Wildman–Crippen LogP) is 7.25. The minimum absolute atomic E-state index is 0.0102. The lowest BCUT2D eigenvalue weighted by molar-refractivity contribution is -0.148. The molecule has 0 N–H and O–H groups in total. The summed E-state index contributed by atoms with van der Waals surface area (Å²) in [7, 11) is -2.10. The number of hydrogen-bond donors (Lipinski definition) is 0. The first kappa shape index (κ1) is 27.8. The van der Waals surface area contributed by atoms with Gasteiger partial charge in [-0.3, -0.25) is 9.69 Å². The number of rotatable bonds is 6. The molecule has 0 aliphatic carbocycles. The van der Waals surface area contributed by atoms with Gasteiger partial charge in [0.05, 0.1) is 18.6 Å². The zero-order chi connectivity index (χ0) is 25.2. The number of esters is 1. The smallest absolute Gasteiger partial charge is 0.414 e. The number of alkyl halides is 3. The summed E-state index contributed by atoms with van der Waals surface area (Å²) in [5, 5.41) is 0.0102. The van der Waals surface area contributed by atoms with Gasteiger partial charge in [-0.15, -0.1) is 0 Å². The second kappa shape index (κ2) is 10.5. The highest BCUT2D eigenvalue weighted by atomic mass is 35.6. The number of fused-ring (bicyclic) bond motifs is 1. The molecule has 1 aromatic rings. The number of nitrogens with zero attached hydrogens (tertiary/aromatic N) is 1. The Balaban J connectivity index is 2.40. The van der Waals surface area contributed by atoms with Crippen LogP contribution in [0.1, 0.15) is 58.2 Å². The molecule has 0 bridgehead atoms. The molecule has 1 heterocycles. The summed E-state index contributed by atoms with van der Waals surface area (Å²) in [6.45, 7) is 13.9. The monoisotopic (exact) mass is 535 g/mol. The molecule has 184 valence electrons. The summed E-state index contributed by atoms with van der Waals surface area (Å²) >= 11 is 17.2. The van der Waals surface area contributed by atoms with Crippen LogP contribution in [0, 0.1) is 0 Å². The molecule has 0 radical (unpaired) electrons. The molecule has 0 unspecified atom stereocenters. The standard InChI is InChI=1S/C23H32Cl3NO5Si/c1-15(2)31-20(28)13-19-18-12-17(32-33(6,7)22(3,4)5)9-8-16(18)10-11-27(19)21(29)30-14-23(24,25)26/h8-12,15,19H,13-14H2,1-7H3/t19-/m1/s1. The molecular formula is C23H32Cl3NO5Si. The van der Waals surface area contributed by atoms with Crippen molar-refractivity contribution in [3.05, 3.63) is 35.5 Å². The van der Waals surface area contributed by atoms with E-state index in [4.69, 9.17) is 48.7 Å². The van der Waals surface area contributed by atoms with Gasteiger partial charge in [-0.05, 0) is 61.3 Å². The number of halogens is 3. The van der Waals surface area contributed by atoms with Crippen molar-refractivity contribution in [3.8, 4) is 5.75 Å². The molecule has 6 nitrogen and oxygen atoms in total. The van der Waals surface area contributed by atoms with Crippen molar-refractivity contribution in [2.24, 2.45) is 0 Å². The lowest BCUT2D eigenvalue weighted by atomic mass is 9.94. The quantitative estimate of drug-likeness (QED) is 0.218. The molecule has 0 fully saturated rings. The van der Waals surface area contributed by atoms with Crippen molar-refractivity contribution in [3.63, 3.8) is 0 Å². The highest BCUT2D eigenvalue weighted by molar-refractivity contribution is 6.74. The summed E-state index contributed by atoms with van der Waals surface area (Å²) in [5.74, 6) is 0.249. The number of benzene rings is 1. The Kier molecular flexibility index (Phi) is 8.82. The first-order valence-corrected chi connectivity index (χ1v) is 14.8. The molecule has 1 aliphatic rings. The van der Waals surface area contributed by atoms with E-state index >= 15 is 0 Å². The molecule has 33 heavy (non-hydrogen) atoms. The average molecular weight is 537 g/mol. The third-order valence-corrected chi connectivity index (χ3v) is 10.3. The Bertz CT molecular complexity index is 906. The predicted molar refractivity (Wildman–Crippen MR) is 135 cm³/mol. The molecule has 0 aromatic heterocycles. The Labute approximate surface area is 212 Å². The van der Waals surface area contributed by atoms with Crippen molar-refractivity contribution in [2.45, 2.75) is 75.1 Å². The van der Waals surface area contributed by atoms with Gasteiger partial charge < -0.3 is 13.9 Å². The van der Waals surface area contributed by atoms with Crippen molar-refractivity contribution < 1.29 is 23.5 Å². The van der Waals surface area contributed by atoms with Gasteiger partial charge in [0.25, 0.3) is 0 Å². The third kappa shape index (κ3) is 7.81. The number of amides is 1. The first-order chi connectivity index (χ1) is 15.0. The highest BCUT2D eigenvalue weighted by Crippen LogP contribution is 2.40. The summed E-state index contributed by atoms with van der Waals surface area (Å²) in [4.78, 5) is 26.7. The van der Waals surface area contributed by atoms with E-state index in [1.54, 1.807) is 26.1 Å². The average Bonchev–Trinajstić information content (AvgIpc) is 2.64. The van der Waals surface area contributed by atoms with Gasteiger partial charge in [-0.25, -0.2) is 4.79 Å². The molecule has 0 saturated carbocycles. The van der Waals surface area contributed by atoms with Crippen LogP contribution in [0.4, 0.5) is 4.79 Å². The summed E-state index contributed by atoms with van der Waals surface area (Å²) in [6.07, 6.45) is 2.24. The molecule has 0 spiro atoms. The van der Waals surface area contributed by atoms with Gasteiger partial charge in [-0.1, -0.05) is 61.6 Å². The Morgan fingerprint density at radius 1 is 1.15 bits per heavy atom. The third-order valence-electron chi connectivity index (χ3n) is 5.64. The van der Waals surface area contributed by atoms with E-state index in [2.05, 4.69) is 33.9 Å². The zero-order valence-corrected chi connectivity index (χ0v) is 23.3. The van der Waals surface area contributed by atoms with Crippen LogP contribution in [0.15, 0.2) is 24.4 Å². The molecule has 2 rings (SSSR count). The molecule has 0 saturated heterocycles. The fourth-order valence-electron chi connectivity index (χ4n) is 3.00. The minimum atomic E-state index is -2.10. The van der Waals surface area contributed by atoms with Crippen molar-refractivity contribution in [2.75, 3.05) is 6.61 Å². The molecule has 1 amide bonds. The maximum atomic E-state index is 12.8. The molecule has 10 heteroatoms. The van der Waals surface area contributed by atoms with Gasteiger partial charge in [0.1, 0.15) is 12.4 Å².